The minimum atomic E-state index is -0.621. The van der Waals surface area contributed by atoms with E-state index in [-0.39, 0.29) is 46.8 Å². The second-order valence-electron chi connectivity index (χ2n) is 15.4. The van der Waals surface area contributed by atoms with E-state index < -0.39 is 12.1 Å². The maximum atomic E-state index is 13.9. The van der Waals surface area contributed by atoms with E-state index in [1.165, 1.54) is 7.11 Å². The summed E-state index contributed by atoms with van der Waals surface area (Å²) in [6, 6.07) is 9.83. The van der Waals surface area contributed by atoms with Crippen LogP contribution in [0.3, 0.4) is 0 Å². The van der Waals surface area contributed by atoms with E-state index >= 15 is 0 Å². The molecular formula is C41H50N9O5P. The van der Waals surface area contributed by atoms with Gasteiger partial charge in [0.05, 0.1) is 48.5 Å². The molecule has 5 aromatic rings. The van der Waals surface area contributed by atoms with Crippen LogP contribution in [0.1, 0.15) is 77.1 Å². The standard InChI is InChI=1S/C41H50N9O5P/c1-21(2)34(44-23(5)55-6)39(52)49-15-7-9-32(49)37-42-19-30(46-37)24-12-14-28-27(17-24)36(51)26-13-11-25(18-29(26)45-28)31-20-43-38(47-31)33-10-8-16-50(33)40(53)35(22(3)4)48-41(54)56/h11-14,17-22,32-35,44H,5,7-10,15-16,56H2,1-4,6H3,(H,42,46)(H,43,47)(H,45,51)(H,48,54)/t32-,33-,34-,35-/m0/s1. The topological polar surface area (TPSA) is 181 Å². The fourth-order valence-corrected chi connectivity index (χ4v) is 8.20. The number of ether oxygens (including phenoxy) is 1. The van der Waals surface area contributed by atoms with Crippen LogP contribution in [-0.4, -0.2) is 84.5 Å². The summed E-state index contributed by atoms with van der Waals surface area (Å²) in [7, 11) is 3.61. The van der Waals surface area contributed by atoms with Crippen molar-refractivity contribution in [1.29, 1.82) is 0 Å². The molecule has 7 rings (SSSR count). The molecule has 2 aliphatic rings. The Morgan fingerprint density at radius 3 is 1.86 bits per heavy atom. The van der Waals surface area contributed by atoms with Gasteiger partial charge in [0.25, 0.3) is 0 Å². The molecule has 2 aromatic carbocycles. The summed E-state index contributed by atoms with van der Waals surface area (Å²) in [5.41, 5.74) is 4.16. The first kappa shape index (κ1) is 38.8. The van der Waals surface area contributed by atoms with Gasteiger partial charge >= 0.3 is 0 Å². The third-order valence-electron chi connectivity index (χ3n) is 11.0. The molecule has 0 radical (unpaired) electrons. The summed E-state index contributed by atoms with van der Waals surface area (Å²) in [5, 5.41) is 7.00. The predicted molar refractivity (Wildman–Crippen MR) is 219 cm³/mol. The molecule has 14 nitrogen and oxygen atoms in total. The minimum Gasteiger partial charge on any atom is -0.483 e. The Morgan fingerprint density at radius 1 is 0.786 bits per heavy atom. The second kappa shape index (κ2) is 15.9. The summed E-state index contributed by atoms with van der Waals surface area (Å²) in [6.45, 7) is 12.9. The lowest BCUT2D eigenvalue weighted by atomic mass is 10.0. The van der Waals surface area contributed by atoms with Gasteiger partial charge in [0.15, 0.2) is 11.3 Å². The molecule has 15 heteroatoms. The number of benzene rings is 2. The number of rotatable bonds is 12. The average molecular weight is 780 g/mol. The Labute approximate surface area is 327 Å². The number of hydrogen-bond acceptors (Lipinski definition) is 8. The van der Waals surface area contributed by atoms with Crippen LogP contribution < -0.4 is 16.1 Å². The van der Waals surface area contributed by atoms with Gasteiger partial charge in [-0.25, -0.2) is 9.97 Å². The van der Waals surface area contributed by atoms with Crippen LogP contribution in [0.25, 0.3) is 44.3 Å². The van der Waals surface area contributed by atoms with E-state index in [2.05, 4.69) is 46.4 Å². The number of aromatic amines is 3. The minimum absolute atomic E-state index is 0.0202. The quantitative estimate of drug-likeness (QED) is 0.0570. The highest BCUT2D eigenvalue weighted by molar-refractivity contribution is 7.39. The Bertz CT molecular complexity index is 2360. The van der Waals surface area contributed by atoms with Gasteiger partial charge in [-0.1, -0.05) is 39.8 Å². The monoisotopic (exact) mass is 779 g/mol. The summed E-state index contributed by atoms with van der Waals surface area (Å²) in [6.07, 6.45) is 6.76. The largest absolute Gasteiger partial charge is 0.483 e. The van der Waals surface area contributed by atoms with Crippen molar-refractivity contribution >= 4 is 48.5 Å². The normalized spacial score (nSPS) is 18.2. The van der Waals surface area contributed by atoms with Crippen LogP contribution in [0.15, 0.2) is 66.0 Å². The van der Waals surface area contributed by atoms with E-state index in [0.717, 1.165) is 48.2 Å². The summed E-state index contributed by atoms with van der Waals surface area (Å²) >= 11 is 0. The van der Waals surface area contributed by atoms with E-state index in [1.807, 2.05) is 73.9 Å². The molecule has 3 aromatic heterocycles. The molecule has 294 valence electrons. The van der Waals surface area contributed by atoms with Crippen LogP contribution in [0.4, 0.5) is 4.79 Å². The molecule has 0 bridgehead atoms. The number of carbonyl (C=O) groups excluding carboxylic acids is 3. The highest BCUT2D eigenvalue weighted by Gasteiger charge is 2.38. The van der Waals surface area contributed by atoms with Crippen LogP contribution >= 0.6 is 9.24 Å². The first-order valence-corrected chi connectivity index (χ1v) is 19.8. The van der Waals surface area contributed by atoms with Gasteiger partial charge in [0.2, 0.25) is 17.5 Å². The first-order valence-electron chi connectivity index (χ1n) is 19.2. The van der Waals surface area contributed by atoms with Crippen molar-refractivity contribution in [2.24, 2.45) is 11.8 Å². The highest BCUT2D eigenvalue weighted by atomic mass is 31.0. The van der Waals surface area contributed by atoms with Crippen molar-refractivity contribution in [2.45, 2.75) is 77.5 Å². The molecule has 0 aliphatic carbocycles. The van der Waals surface area contributed by atoms with E-state index in [0.29, 0.717) is 52.4 Å². The summed E-state index contributed by atoms with van der Waals surface area (Å²) in [4.78, 5) is 76.3. The molecule has 0 saturated carbocycles. The molecule has 2 fully saturated rings. The third kappa shape index (κ3) is 7.54. The third-order valence-corrected chi connectivity index (χ3v) is 11.2. The van der Waals surface area contributed by atoms with Crippen LogP contribution in [0, 0.1) is 11.8 Å². The molecule has 5 N–H and O–H groups in total. The van der Waals surface area contributed by atoms with Crippen molar-refractivity contribution in [3.05, 3.63) is 83.1 Å². The number of hydrogen-bond donors (Lipinski definition) is 5. The van der Waals surface area contributed by atoms with Crippen molar-refractivity contribution < 1.29 is 19.1 Å². The number of amides is 3. The van der Waals surface area contributed by atoms with E-state index in [1.54, 1.807) is 12.4 Å². The van der Waals surface area contributed by atoms with Gasteiger partial charge < -0.3 is 40.1 Å². The van der Waals surface area contributed by atoms with Gasteiger partial charge in [0.1, 0.15) is 23.7 Å². The van der Waals surface area contributed by atoms with Gasteiger partial charge in [0, 0.05) is 40.5 Å². The fourth-order valence-electron chi connectivity index (χ4n) is 8.02. The van der Waals surface area contributed by atoms with E-state index in [9.17, 15) is 19.2 Å². The zero-order chi connectivity index (χ0) is 39.8. The molecule has 56 heavy (non-hydrogen) atoms. The number of pyridine rings is 1. The Hall–Kier alpha value is -5.49. The maximum absolute atomic E-state index is 13.9. The lowest BCUT2D eigenvalue weighted by Crippen LogP contribution is -2.49. The molecule has 2 saturated heterocycles. The smallest absolute Gasteiger partial charge is 0.246 e. The number of nitrogens with one attached hydrogen (secondary N) is 5. The molecule has 5 atom stereocenters. The Morgan fingerprint density at radius 2 is 1.32 bits per heavy atom. The fraction of sp³-hybridized carbons (Fsp3) is 0.415. The number of methoxy groups -OCH3 is 1. The van der Waals surface area contributed by atoms with Gasteiger partial charge in [-0.15, -0.1) is 0 Å². The number of H-pyrrole nitrogens is 3. The van der Waals surface area contributed by atoms with Gasteiger partial charge in [-0.05, 0) is 77.6 Å². The zero-order valence-electron chi connectivity index (χ0n) is 32.4. The van der Waals surface area contributed by atoms with Crippen molar-refractivity contribution in [2.75, 3.05) is 20.2 Å². The molecular weight excluding hydrogens is 729 g/mol. The van der Waals surface area contributed by atoms with Gasteiger partial charge in [-0.3, -0.25) is 19.2 Å². The number of aromatic nitrogens is 5. The number of nitrogens with zero attached hydrogens (tertiary/aromatic N) is 4. The average Bonchev–Trinajstić information content (AvgIpc) is 4.01. The first-order chi connectivity index (χ1) is 26.8. The molecule has 3 amide bonds. The summed E-state index contributed by atoms with van der Waals surface area (Å²) in [5.74, 6) is 1.55. The van der Waals surface area contributed by atoms with Crippen LogP contribution in [-0.2, 0) is 14.3 Å². The van der Waals surface area contributed by atoms with E-state index in [4.69, 9.17) is 9.72 Å². The Kier molecular flexibility index (Phi) is 11.0. The second-order valence-corrected chi connectivity index (χ2v) is 16.0. The number of fused-ring (bicyclic) bond motifs is 2. The van der Waals surface area contributed by atoms with Gasteiger partial charge in [-0.2, -0.15) is 0 Å². The number of carbonyl (C=O) groups is 3. The zero-order valence-corrected chi connectivity index (χ0v) is 33.6. The maximum Gasteiger partial charge on any atom is 0.246 e. The van der Waals surface area contributed by atoms with Crippen molar-refractivity contribution in [1.82, 2.24) is 45.4 Å². The molecule has 1 unspecified atom stereocenters. The molecule has 2 aliphatic heterocycles. The highest BCUT2D eigenvalue weighted by Crippen LogP contribution is 2.35. The van der Waals surface area contributed by atoms with Crippen LogP contribution in [0.2, 0.25) is 0 Å². The number of imidazole rings is 2. The summed E-state index contributed by atoms with van der Waals surface area (Å²) < 4.78 is 5.20. The lowest BCUT2D eigenvalue weighted by Gasteiger charge is -2.31. The van der Waals surface area contributed by atoms with Crippen LogP contribution in [0.5, 0.6) is 0 Å². The predicted octanol–water partition coefficient (Wildman–Crippen LogP) is 6.13. The molecule has 0 spiro atoms. The van der Waals surface area contributed by atoms with Crippen molar-refractivity contribution in [3.8, 4) is 22.5 Å². The van der Waals surface area contributed by atoms with Crippen molar-refractivity contribution in [3.63, 3.8) is 0 Å². The molecule has 5 heterocycles. The SMILES string of the molecule is C=C(N[C@H](C(=O)N1CCC[C@H]1c1ncc(-c2ccc3[nH]c4cc(-c5cnc([C@@H]6CCCN6C(=O)[C@@H](NC(=O)P)C(C)C)[nH]5)ccc4c(=O)c3c2)[nH]1)C(C)C)OC. The lowest BCUT2D eigenvalue weighted by molar-refractivity contribution is -0.136. The Balaban J connectivity index is 1.11. The number of likely N-dealkylation sites (tertiary alicyclic amines) is 2.